The van der Waals surface area contributed by atoms with Gasteiger partial charge in [-0.25, -0.2) is 4.79 Å². The summed E-state index contributed by atoms with van der Waals surface area (Å²) in [6.45, 7) is 0.0871. The lowest BCUT2D eigenvalue weighted by atomic mass is 10.2. The van der Waals surface area contributed by atoms with Crippen molar-refractivity contribution in [2.24, 2.45) is 0 Å². The fourth-order valence-electron chi connectivity index (χ4n) is 2.65. The minimum absolute atomic E-state index is 0.286. The van der Waals surface area contributed by atoms with Gasteiger partial charge in [0.15, 0.2) is 6.61 Å². The molecule has 0 radical (unpaired) electrons. The highest BCUT2D eigenvalue weighted by atomic mass is 79.9. The molecule has 140 valence electrons. The summed E-state index contributed by atoms with van der Waals surface area (Å²) >= 11 is 3.41. The Hall–Kier alpha value is -2.80. The van der Waals surface area contributed by atoms with Gasteiger partial charge < -0.3 is 19.4 Å². The number of ether oxygens (including phenoxy) is 2. The van der Waals surface area contributed by atoms with Crippen molar-refractivity contribution in [3.8, 4) is 5.75 Å². The van der Waals surface area contributed by atoms with Gasteiger partial charge in [0.2, 0.25) is 0 Å². The topological polar surface area (TPSA) is 71.6 Å². The van der Waals surface area contributed by atoms with E-state index in [1.807, 2.05) is 48.5 Å². The third-order valence-corrected chi connectivity index (χ3v) is 5.00. The van der Waals surface area contributed by atoms with Crippen molar-refractivity contribution >= 4 is 38.7 Å². The number of likely N-dealkylation sites (N-methyl/N-ethyl adjacent to an activating group) is 1. The molecule has 1 N–H and O–H groups in total. The molecule has 0 aliphatic heterocycles. The third kappa shape index (κ3) is 4.31. The van der Waals surface area contributed by atoms with E-state index < -0.39 is 5.97 Å². The standard InChI is InChI=1S/C20H19BrN2O4/c1-23(11-13-7-9-14(26-2)10-8-13)17(24)12-27-20(25)19-18(21)15-5-3-4-6-16(15)22-19/h3-10,22H,11-12H2,1-2H3. The molecule has 0 saturated carbocycles. The number of halogens is 1. The first kappa shape index (κ1) is 19.0. The van der Waals surface area contributed by atoms with Gasteiger partial charge in [0, 0.05) is 24.5 Å². The van der Waals surface area contributed by atoms with Gasteiger partial charge in [-0.15, -0.1) is 0 Å². The summed E-state index contributed by atoms with van der Waals surface area (Å²) in [4.78, 5) is 29.1. The van der Waals surface area contributed by atoms with E-state index in [2.05, 4.69) is 20.9 Å². The van der Waals surface area contributed by atoms with Gasteiger partial charge in [-0.1, -0.05) is 30.3 Å². The number of H-pyrrole nitrogens is 1. The van der Waals surface area contributed by atoms with Crippen LogP contribution >= 0.6 is 15.9 Å². The van der Waals surface area contributed by atoms with Crippen LogP contribution in [0.1, 0.15) is 16.1 Å². The Morgan fingerprint density at radius 2 is 1.81 bits per heavy atom. The molecule has 0 aliphatic rings. The number of esters is 1. The number of hydrogen-bond donors (Lipinski definition) is 1. The zero-order valence-electron chi connectivity index (χ0n) is 15.0. The molecular formula is C20H19BrN2O4. The smallest absolute Gasteiger partial charge is 0.356 e. The van der Waals surface area contributed by atoms with Crippen LogP contribution < -0.4 is 4.74 Å². The van der Waals surface area contributed by atoms with Crippen LogP contribution in [0.25, 0.3) is 10.9 Å². The highest BCUT2D eigenvalue weighted by molar-refractivity contribution is 9.10. The van der Waals surface area contributed by atoms with E-state index in [1.165, 1.54) is 4.90 Å². The summed E-state index contributed by atoms with van der Waals surface area (Å²) < 4.78 is 10.9. The molecule has 0 unspecified atom stereocenters. The summed E-state index contributed by atoms with van der Waals surface area (Å²) in [5, 5.41) is 0.882. The Balaban J connectivity index is 1.58. The zero-order valence-corrected chi connectivity index (χ0v) is 16.6. The molecule has 0 aliphatic carbocycles. The molecule has 27 heavy (non-hydrogen) atoms. The maximum absolute atomic E-state index is 12.3. The minimum atomic E-state index is -0.579. The van der Waals surface area contributed by atoms with Crippen LogP contribution in [0.15, 0.2) is 53.0 Å². The Labute approximate surface area is 165 Å². The molecule has 1 heterocycles. The lowest BCUT2D eigenvalue weighted by molar-refractivity contribution is -0.133. The second kappa shape index (κ2) is 8.26. The van der Waals surface area contributed by atoms with Crippen molar-refractivity contribution in [1.82, 2.24) is 9.88 Å². The number of amides is 1. The van der Waals surface area contributed by atoms with Crippen molar-refractivity contribution in [1.29, 1.82) is 0 Å². The van der Waals surface area contributed by atoms with E-state index >= 15 is 0 Å². The Kier molecular flexibility index (Phi) is 5.81. The Bertz CT molecular complexity index is 966. The van der Waals surface area contributed by atoms with Crippen molar-refractivity contribution in [3.63, 3.8) is 0 Å². The van der Waals surface area contributed by atoms with Crippen LogP contribution in [0.4, 0.5) is 0 Å². The fourth-order valence-corrected chi connectivity index (χ4v) is 3.26. The number of rotatable bonds is 6. The summed E-state index contributed by atoms with van der Waals surface area (Å²) in [7, 11) is 3.27. The van der Waals surface area contributed by atoms with Crippen LogP contribution in [0, 0.1) is 0 Å². The van der Waals surface area contributed by atoms with Crippen molar-refractivity contribution in [2.75, 3.05) is 20.8 Å². The number of hydrogen-bond acceptors (Lipinski definition) is 4. The normalized spacial score (nSPS) is 10.6. The highest BCUT2D eigenvalue weighted by Crippen LogP contribution is 2.28. The largest absolute Gasteiger partial charge is 0.497 e. The zero-order chi connectivity index (χ0) is 19.4. The summed E-state index contributed by atoms with van der Waals surface area (Å²) in [6.07, 6.45) is 0. The first-order valence-electron chi connectivity index (χ1n) is 8.30. The van der Waals surface area contributed by atoms with Gasteiger partial charge in [0.05, 0.1) is 11.6 Å². The summed E-state index contributed by atoms with van der Waals surface area (Å²) in [5.74, 6) is -0.110. The molecule has 7 heteroatoms. The molecule has 6 nitrogen and oxygen atoms in total. The van der Waals surface area contributed by atoms with E-state index in [-0.39, 0.29) is 12.5 Å². The van der Waals surface area contributed by atoms with E-state index in [0.717, 1.165) is 22.2 Å². The van der Waals surface area contributed by atoms with Gasteiger partial charge >= 0.3 is 5.97 Å². The molecule has 0 fully saturated rings. The number of aromatic amines is 1. The molecule has 0 atom stereocenters. The van der Waals surface area contributed by atoms with Crippen molar-refractivity contribution in [3.05, 3.63) is 64.3 Å². The number of para-hydroxylation sites is 1. The predicted molar refractivity (Wildman–Crippen MR) is 106 cm³/mol. The monoisotopic (exact) mass is 430 g/mol. The first-order chi connectivity index (χ1) is 13.0. The fraction of sp³-hybridized carbons (Fsp3) is 0.200. The van der Waals surface area contributed by atoms with Gasteiger partial charge in [-0.2, -0.15) is 0 Å². The lowest BCUT2D eigenvalue weighted by Crippen LogP contribution is -2.30. The van der Waals surface area contributed by atoms with Crippen LogP contribution in [0.5, 0.6) is 5.75 Å². The van der Waals surface area contributed by atoms with Crippen LogP contribution in [-0.2, 0) is 16.1 Å². The van der Waals surface area contributed by atoms with Crippen LogP contribution in [0.3, 0.4) is 0 Å². The number of nitrogens with one attached hydrogen (secondary N) is 1. The molecule has 2 aromatic carbocycles. The van der Waals surface area contributed by atoms with E-state index in [0.29, 0.717) is 16.7 Å². The number of carbonyl (C=O) groups is 2. The van der Waals surface area contributed by atoms with Crippen LogP contribution in [-0.4, -0.2) is 42.5 Å². The van der Waals surface area contributed by atoms with Gasteiger partial charge in [0.25, 0.3) is 5.91 Å². The molecule has 0 bridgehead atoms. The van der Waals surface area contributed by atoms with E-state index in [9.17, 15) is 9.59 Å². The van der Waals surface area contributed by atoms with E-state index in [1.54, 1.807) is 14.2 Å². The number of carbonyl (C=O) groups excluding carboxylic acids is 2. The molecule has 1 aromatic heterocycles. The molecule has 3 aromatic rings. The molecular weight excluding hydrogens is 412 g/mol. The average Bonchev–Trinajstić information content (AvgIpc) is 3.03. The number of aromatic nitrogens is 1. The Morgan fingerprint density at radius 3 is 2.48 bits per heavy atom. The second-order valence-electron chi connectivity index (χ2n) is 6.03. The molecule has 1 amide bonds. The summed E-state index contributed by atoms with van der Waals surface area (Å²) in [5.41, 5.74) is 2.07. The number of nitrogens with zero attached hydrogens (tertiary/aromatic N) is 1. The number of benzene rings is 2. The summed E-state index contributed by atoms with van der Waals surface area (Å²) in [6, 6.07) is 14.9. The lowest BCUT2D eigenvalue weighted by Gasteiger charge is -2.17. The van der Waals surface area contributed by atoms with Crippen molar-refractivity contribution in [2.45, 2.75) is 6.54 Å². The van der Waals surface area contributed by atoms with Gasteiger partial charge in [-0.3, -0.25) is 4.79 Å². The average molecular weight is 431 g/mol. The number of methoxy groups -OCH3 is 1. The van der Waals surface area contributed by atoms with Gasteiger partial charge in [0.1, 0.15) is 11.4 Å². The maximum atomic E-state index is 12.3. The van der Waals surface area contributed by atoms with Crippen molar-refractivity contribution < 1.29 is 19.1 Å². The van der Waals surface area contributed by atoms with Gasteiger partial charge in [-0.05, 0) is 39.7 Å². The van der Waals surface area contributed by atoms with Crippen LogP contribution in [0.2, 0.25) is 0 Å². The van der Waals surface area contributed by atoms with E-state index in [4.69, 9.17) is 9.47 Å². The molecule has 0 spiro atoms. The molecule has 3 rings (SSSR count). The highest BCUT2D eigenvalue weighted by Gasteiger charge is 2.19. The minimum Gasteiger partial charge on any atom is -0.497 e. The maximum Gasteiger partial charge on any atom is 0.356 e. The number of fused-ring (bicyclic) bond motifs is 1. The quantitative estimate of drug-likeness (QED) is 0.604. The Morgan fingerprint density at radius 1 is 1.11 bits per heavy atom. The second-order valence-corrected chi connectivity index (χ2v) is 6.83. The predicted octanol–water partition coefficient (Wildman–Crippen LogP) is 3.75. The first-order valence-corrected chi connectivity index (χ1v) is 9.09. The SMILES string of the molecule is COc1ccc(CN(C)C(=O)COC(=O)c2[nH]c3ccccc3c2Br)cc1. The molecule has 0 saturated heterocycles. The third-order valence-electron chi connectivity index (χ3n) is 4.18.